The van der Waals surface area contributed by atoms with Crippen LogP contribution in [0.1, 0.15) is 24.1 Å². The topological polar surface area (TPSA) is 58.9 Å². The van der Waals surface area contributed by atoms with Crippen LogP contribution in [0.25, 0.3) is 11.0 Å². The summed E-state index contributed by atoms with van der Waals surface area (Å²) >= 11 is 0. The van der Waals surface area contributed by atoms with Crippen LogP contribution in [0.3, 0.4) is 0 Å². The average molecular weight is 336 g/mol. The molecular weight excluding hydrogens is 312 g/mol. The monoisotopic (exact) mass is 336 g/mol. The van der Waals surface area contributed by atoms with Crippen molar-refractivity contribution in [2.24, 2.45) is 7.05 Å². The second kappa shape index (κ2) is 6.80. The molecule has 2 aromatic heterocycles. The van der Waals surface area contributed by atoms with E-state index in [1.54, 1.807) is 6.33 Å². The third kappa shape index (κ3) is 3.35. The van der Waals surface area contributed by atoms with Crippen molar-refractivity contribution in [2.45, 2.75) is 32.4 Å². The first-order valence-electron chi connectivity index (χ1n) is 8.88. The second-order valence-electron chi connectivity index (χ2n) is 6.81. The SMILES string of the molecule is Cc1nn(C)c2ncnc(NC3CCN(Cc4ccccc4)CC3)c12. The van der Waals surface area contributed by atoms with Crippen LogP contribution in [0.15, 0.2) is 36.7 Å². The Morgan fingerprint density at radius 3 is 2.64 bits per heavy atom. The molecule has 3 aromatic rings. The van der Waals surface area contributed by atoms with Gasteiger partial charge >= 0.3 is 0 Å². The molecule has 1 saturated heterocycles. The van der Waals surface area contributed by atoms with Gasteiger partial charge in [0.05, 0.1) is 11.1 Å². The highest BCUT2D eigenvalue weighted by molar-refractivity contribution is 5.89. The first-order valence-corrected chi connectivity index (χ1v) is 8.88. The van der Waals surface area contributed by atoms with Gasteiger partial charge in [-0.25, -0.2) is 9.97 Å². The Balaban J connectivity index is 1.41. The number of hydrogen-bond acceptors (Lipinski definition) is 5. The van der Waals surface area contributed by atoms with Gasteiger partial charge in [0.25, 0.3) is 0 Å². The molecule has 1 aliphatic rings. The summed E-state index contributed by atoms with van der Waals surface area (Å²) in [5.41, 5.74) is 3.25. The lowest BCUT2D eigenvalue weighted by atomic mass is 10.0. The zero-order valence-corrected chi connectivity index (χ0v) is 14.8. The lowest BCUT2D eigenvalue weighted by molar-refractivity contribution is 0.211. The van der Waals surface area contributed by atoms with Crippen molar-refractivity contribution in [3.05, 3.63) is 47.9 Å². The van der Waals surface area contributed by atoms with Gasteiger partial charge in [-0.05, 0) is 25.3 Å². The van der Waals surface area contributed by atoms with Crippen LogP contribution in [0.5, 0.6) is 0 Å². The molecule has 130 valence electrons. The zero-order valence-electron chi connectivity index (χ0n) is 14.8. The zero-order chi connectivity index (χ0) is 17.2. The van der Waals surface area contributed by atoms with Gasteiger partial charge < -0.3 is 5.32 Å². The number of rotatable bonds is 4. The van der Waals surface area contributed by atoms with E-state index in [1.807, 2.05) is 18.7 Å². The van der Waals surface area contributed by atoms with E-state index in [2.05, 4.69) is 55.6 Å². The molecule has 0 spiro atoms. The third-order valence-corrected chi connectivity index (χ3v) is 4.97. The van der Waals surface area contributed by atoms with Gasteiger partial charge in [-0.15, -0.1) is 0 Å². The number of anilines is 1. The highest BCUT2D eigenvalue weighted by Crippen LogP contribution is 2.25. The first kappa shape index (κ1) is 16.0. The Hall–Kier alpha value is -2.47. The molecule has 25 heavy (non-hydrogen) atoms. The maximum Gasteiger partial charge on any atom is 0.163 e. The van der Waals surface area contributed by atoms with Crippen LogP contribution in [0.2, 0.25) is 0 Å². The summed E-state index contributed by atoms with van der Waals surface area (Å²) in [7, 11) is 1.92. The Bertz CT molecular complexity index is 849. The molecule has 0 amide bonds. The van der Waals surface area contributed by atoms with E-state index in [0.29, 0.717) is 6.04 Å². The number of hydrogen-bond donors (Lipinski definition) is 1. The maximum absolute atomic E-state index is 4.47. The molecule has 1 N–H and O–H groups in total. The number of piperidine rings is 1. The van der Waals surface area contributed by atoms with Gasteiger partial charge in [-0.2, -0.15) is 5.10 Å². The molecule has 0 aliphatic carbocycles. The number of fused-ring (bicyclic) bond motifs is 1. The normalized spacial score (nSPS) is 16.4. The summed E-state index contributed by atoms with van der Waals surface area (Å²) in [6.07, 6.45) is 3.87. The number of likely N-dealkylation sites (tertiary alicyclic amines) is 1. The van der Waals surface area contributed by atoms with Crippen LogP contribution in [-0.2, 0) is 13.6 Å². The van der Waals surface area contributed by atoms with E-state index < -0.39 is 0 Å². The second-order valence-corrected chi connectivity index (χ2v) is 6.81. The molecular formula is C19H24N6. The number of aryl methyl sites for hydroxylation is 2. The summed E-state index contributed by atoms with van der Waals surface area (Å²) in [5.74, 6) is 0.914. The minimum absolute atomic E-state index is 0.449. The Kier molecular flexibility index (Phi) is 4.36. The van der Waals surface area contributed by atoms with E-state index in [9.17, 15) is 0 Å². The maximum atomic E-state index is 4.47. The molecule has 3 heterocycles. The molecule has 6 nitrogen and oxygen atoms in total. The molecule has 1 aromatic carbocycles. The fourth-order valence-electron chi connectivity index (χ4n) is 3.66. The van der Waals surface area contributed by atoms with Crippen LogP contribution < -0.4 is 5.32 Å². The minimum atomic E-state index is 0.449. The van der Waals surface area contributed by atoms with E-state index in [4.69, 9.17) is 0 Å². The van der Waals surface area contributed by atoms with Crippen molar-refractivity contribution in [1.29, 1.82) is 0 Å². The van der Waals surface area contributed by atoms with Crippen LogP contribution in [-0.4, -0.2) is 43.8 Å². The fourth-order valence-corrected chi connectivity index (χ4v) is 3.66. The average Bonchev–Trinajstić information content (AvgIpc) is 2.93. The number of nitrogens with one attached hydrogen (secondary N) is 1. The molecule has 6 heteroatoms. The highest BCUT2D eigenvalue weighted by atomic mass is 15.3. The van der Waals surface area contributed by atoms with E-state index >= 15 is 0 Å². The quantitative estimate of drug-likeness (QED) is 0.794. The number of aromatic nitrogens is 4. The molecule has 0 radical (unpaired) electrons. The van der Waals surface area contributed by atoms with Crippen LogP contribution in [0.4, 0.5) is 5.82 Å². The number of benzene rings is 1. The molecule has 1 aliphatic heterocycles. The summed E-state index contributed by atoms with van der Waals surface area (Å²) in [6.45, 7) is 5.26. The largest absolute Gasteiger partial charge is 0.367 e. The predicted octanol–water partition coefficient (Wildman–Crippen LogP) is 2.75. The van der Waals surface area contributed by atoms with Crippen LogP contribution in [0, 0.1) is 6.92 Å². The van der Waals surface area contributed by atoms with Crippen molar-refractivity contribution >= 4 is 16.9 Å². The molecule has 0 saturated carbocycles. The van der Waals surface area contributed by atoms with Gasteiger partial charge in [0.2, 0.25) is 0 Å². The third-order valence-electron chi connectivity index (χ3n) is 4.97. The van der Waals surface area contributed by atoms with Gasteiger partial charge in [0.1, 0.15) is 12.1 Å². The van der Waals surface area contributed by atoms with Gasteiger partial charge in [-0.3, -0.25) is 9.58 Å². The van der Waals surface area contributed by atoms with Crippen molar-refractivity contribution < 1.29 is 0 Å². The minimum Gasteiger partial charge on any atom is -0.367 e. The van der Waals surface area contributed by atoms with Gasteiger partial charge in [-0.1, -0.05) is 30.3 Å². The predicted molar refractivity (Wildman–Crippen MR) is 99.4 cm³/mol. The van der Waals surface area contributed by atoms with Gasteiger partial charge in [0.15, 0.2) is 5.65 Å². The summed E-state index contributed by atoms with van der Waals surface area (Å²) in [4.78, 5) is 11.4. The first-order chi connectivity index (χ1) is 12.2. The standard InChI is InChI=1S/C19H24N6/c1-14-17-18(20-13-21-19(17)24(2)23-14)22-16-8-10-25(11-9-16)12-15-6-4-3-5-7-15/h3-7,13,16H,8-12H2,1-2H3,(H,20,21,22). The van der Waals surface area contributed by atoms with Crippen molar-refractivity contribution in [1.82, 2.24) is 24.6 Å². The van der Waals surface area contributed by atoms with E-state index in [0.717, 1.165) is 55.0 Å². The smallest absolute Gasteiger partial charge is 0.163 e. The highest BCUT2D eigenvalue weighted by Gasteiger charge is 2.21. The Morgan fingerprint density at radius 2 is 1.88 bits per heavy atom. The van der Waals surface area contributed by atoms with E-state index in [-0.39, 0.29) is 0 Å². The van der Waals surface area contributed by atoms with Crippen LogP contribution >= 0.6 is 0 Å². The molecule has 4 rings (SSSR count). The van der Waals surface area contributed by atoms with Crippen molar-refractivity contribution in [3.8, 4) is 0 Å². The fraction of sp³-hybridized carbons (Fsp3) is 0.421. The lowest BCUT2D eigenvalue weighted by Gasteiger charge is -2.32. The lowest BCUT2D eigenvalue weighted by Crippen LogP contribution is -2.38. The van der Waals surface area contributed by atoms with Crippen molar-refractivity contribution in [3.63, 3.8) is 0 Å². The molecule has 0 unspecified atom stereocenters. The molecule has 0 atom stereocenters. The summed E-state index contributed by atoms with van der Waals surface area (Å²) in [5, 5.41) is 9.14. The number of nitrogens with zero attached hydrogens (tertiary/aromatic N) is 5. The molecule has 1 fully saturated rings. The Labute approximate surface area is 147 Å². The van der Waals surface area contributed by atoms with Crippen molar-refractivity contribution in [2.75, 3.05) is 18.4 Å². The van der Waals surface area contributed by atoms with E-state index in [1.165, 1.54) is 5.56 Å². The summed E-state index contributed by atoms with van der Waals surface area (Å²) in [6, 6.07) is 11.1. The summed E-state index contributed by atoms with van der Waals surface area (Å²) < 4.78 is 1.82. The Morgan fingerprint density at radius 1 is 1.12 bits per heavy atom. The molecule has 0 bridgehead atoms. The van der Waals surface area contributed by atoms with Gasteiger partial charge in [0, 0.05) is 32.7 Å².